The molecule has 0 spiro atoms. The van der Waals surface area contributed by atoms with E-state index in [1.807, 2.05) is 0 Å². The zero-order chi connectivity index (χ0) is 54.3. The van der Waals surface area contributed by atoms with Gasteiger partial charge in [-0.15, -0.1) is 0 Å². The normalized spacial score (nSPS) is 23.9. The third-order valence-corrected chi connectivity index (χ3v) is 23.4. The minimum atomic E-state index is -1.80. The van der Waals surface area contributed by atoms with Crippen LogP contribution in [-0.2, 0) is 21.7 Å². The Morgan fingerprint density at radius 2 is 1.04 bits per heavy atom. The summed E-state index contributed by atoms with van der Waals surface area (Å²) < 4.78 is 0. The van der Waals surface area contributed by atoms with Crippen molar-refractivity contribution in [2.24, 2.45) is 0 Å². The molecule has 4 unspecified atom stereocenters. The van der Waals surface area contributed by atoms with Gasteiger partial charge in [0.05, 0.1) is 24.8 Å². The van der Waals surface area contributed by atoms with E-state index in [4.69, 9.17) is 0 Å². The largest absolute Gasteiger partial charge is 0.335 e. The van der Waals surface area contributed by atoms with Crippen molar-refractivity contribution < 1.29 is 0 Å². The molecule has 6 aliphatic rings. The SMILES string of the molecule is CC(C)(C)c1ccc2c(c1)B1c3cc([Si](C)(C)C)cc4c3N(c3cc(N5c6ccc(-c7ccccc7)cc6C6(C)CCCCC56C)cc(c31)N2c1ccc(C(C)(C)C)cc1-c1ccc2ccccc2c1)C1(C)CCCCC41C. The molecule has 0 amide bonds. The van der Waals surface area contributed by atoms with Crippen LogP contribution in [0.5, 0.6) is 0 Å². The second-order valence-electron chi connectivity index (χ2n) is 28.8. The van der Waals surface area contributed by atoms with E-state index in [1.165, 1.54) is 151 Å². The molecule has 8 aromatic rings. The van der Waals surface area contributed by atoms with Crippen LogP contribution in [0.1, 0.15) is 143 Å². The first-order chi connectivity index (χ1) is 37.0. The van der Waals surface area contributed by atoms with Crippen molar-refractivity contribution >= 4 is 86.9 Å². The molecule has 394 valence electrons. The van der Waals surface area contributed by atoms with Gasteiger partial charge in [-0.1, -0.05) is 209 Å². The zero-order valence-electron chi connectivity index (χ0n) is 49.0. The smallest absolute Gasteiger partial charge is 0.252 e. The molecule has 2 saturated carbocycles. The lowest BCUT2D eigenvalue weighted by atomic mass is 9.33. The molecule has 2 fully saturated rings. The summed E-state index contributed by atoms with van der Waals surface area (Å²) in [6, 6.07) is 60.7. The Bertz CT molecular complexity index is 3820. The molecule has 78 heavy (non-hydrogen) atoms. The predicted octanol–water partition coefficient (Wildman–Crippen LogP) is 17.4. The average molecular weight is 1040 g/mol. The van der Waals surface area contributed by atoms with Crippen molar-refractivity contribution in [3.8, 4) is 22.3 Å². The number of rotatable bonds is 5. The molecule has 3 nitrogen and oxygen atoms in total. The van der Waals surface area contributed by atoms with Crippen molar-refractivity contribution in [2.75, 3.05) is 14.7 Å². The van der Waals surface area contributed by atoms with Gasteiger partial charge in [-0.3, -0.25) is 0 Å². The standard InChI is InChI=1S/C73H80BN3Si/c1-68(2,3)52-30-33-61(56(41-52)51-28-27-48-25-17-18-26-49(48)39-51)75-63-34-31-53(69(4,5)6)42-59(63)74-60-46-55(78(11,12)13)45-58-67(60)77(73(10)38-22-20-36-71(58,73)8)65-44-54(43-64(75)66(65)74)76-62-32-29-50(47-23-15-14-16-24-47)40-57(62)70(7)35-19-21-37-72(70,76)9/h14-18,23-34,39-46H,19-22,35-38H2,1-13H3. The van der Waals surface area contributed by atoms with E-state index in [9.17, 15) is 0 Å². The number of hydrogen-bond acceptors (Lipinski definition) is 3. The van der Waals surface area contributed by atoms with Gasteiger partial charge in [-0.25, -0.2) is 0 Å². The first-order valence-electron chi connectivity index (χ1n) is 29.8. The molecule has 14 rings (SSSR count). The highest BCUT2D eigenvalue weighted by atomic mass is 28.3. The molecular formula is C73H80BN3Si. The maximum Gasteiger partial charge on any atom is 0.252 e. The molecule has 0 N–H and O–H groups in total. The number of fused-ring (bicyclic) bond motifs is 11. The quantitative estimate of drug-likeness (QED) is 0.159. The van der Waals surface area contributed by atoms with Gasteiger partial charge in [0.25, 0.3) is 6.71 Å². The van der Waals surface area contributed by atoms with Gasteiger partial charge in [-0.2, -0.15) is 0 Å². The van der Waals surface area contributed by atoms with E-state index in [0.717, 1.165) is 6.42 Å². The summed E-state index contributed by atoms with van der Waals surface area (Å²) in [6.45, 7) is 32.7. The van der Waals surface area contributed by atoms with E-state index in [2.05, 4.69) is 255 Å². The monoisotopic (exact) mass is 1040 g/mol. The highest BCUT2D eigenvalue weighted by Gasteiger charge is 2.63. The van der Waals surface area contributed by atoms with E-state index in [1.54, 1.807) is 10.8 Å². The van der Waals surface area contributed by atoms with Gasteiger partial charge < -0.3 is 14.7 Å². The van der Waals surface area contributed by atoms with Gasteiger partial charge in [-0.05, 0) is 165 Å². The third kappa shape index (κ3) is 6.88. The number of benzene rings is 8. The van der Waals surface area contributed by atoms with Crippen LogP contribution in [0.3, 0.4) is 0 Å². The Morgan fingerprint density at radius 1 is 0.449 bits per heavy atom. The fourth-order valence-corrected chi connectivity index (χ4v) is 17.5. The minimum absolute atomic E-state index is 0.00874. The Balaban J connectivity index is 1.12. The lowest BCUT2D eigenvalue weighted by Gasteiger charge is -2.54. The molecule has 4 heterocycles. The summed E-state index contributed by atoms with van der Waals surface area (Å²) in [5, 5.41) is 4.13. The molecule has 8 aromatic carbocycles. The van der Waals surface area contributed by atoms with Crippen LogP contribution in [-0.4, -0.2) is 25.9 Å². The second-order valence-corrected chi connectivity index (χ2v) is 33.9. The van der Waals surface area contributed by atoms with Crippen LogP contribution in [0.15, 0.2) is 152 Å². The Hall–Kier alpha value is -6.30. The van der Waals surface area contributed by atoms with Crippen molar-refractivity contribution in [2.45, 2.75) is 173 Å². The second kappa shape index (κ2) is 16.6. The molecular weight excluding hydrogens is 958 g/mol. The first kappa shape index (κ1) is 50.0. The molecule has 0 aromatic heterocycles. The van der Waals surface area contributed by atoms with E-state index < -0.39 is 8.07 Å². The molecule has 0 radical (unpaired) electrons. The van der Waals surface area contributed by atoms with Crippen LogP contribution < -0.4 is 36.3 Å². The predicted molar refractivity (Wildman–Crippen MR) is 340 cm³/mol. The lowest BCUT2D eigenvalue weighted by Crippen LogP contribution is -2.65. The van der Waals surface area contributed by atoms with Crippen LogP contribution in [0, 0.1) is 0 Å². The topological polar surface area (TPSA) is 9.72 Å². The summed E-state index contributed by atoms with van der Waals surface area (Å²) in [6.07, 6.45) is 9.69. The molecule has 4 atom stereocenters. The zero-order valence-corrected chi connectivity index (χ0v) is 50.0. The summed E-state index contributed by atoms with van der Waals surface area (Å²) in [5.74, 6) is 0. The Morgan fingerprint density at radius 3 is 1.73 bits per heavy atom. The maximum atomic E-state index is 2.99. The highest BCUT2D eigenvalue weighted by Crippen LogP contribution is 2.65. The van der Waals surface area contributed by atoms with Crippen molar-refractivity contribution in [3.05, 3.63) is 174 Å². The van der Waals surface area contributed by atoms with Crippen molar-refractivity contribution in [3.63, 3.8) is 0 Å². The maximum absolute atomic E-state index is 2.99. The summed E-state index contributed by atoms with van der Waals surface area (Å²) in [7, 11) is -1.80. The summed E-state index contributed by atoms with van der Waals surface area (Å²) >= 11 is 0. The van der Waals surface area contributed by atoms with Gasteiger partial charge in [0, 0.05) is 50.5 Å². The number of hydrogen-bond donors (Lipinski definition) is 0. The van der Waals surface area contributed by atoms with Gasteiger partial charge >= 0.3 is 0 Å². The Labute approximate surface area is 468 Å². The van der Waals surface area contributed by atoms with E-state index in [-0.39, 0.29) is 39.5 Å². The fourth-order valence-electron chi connectivity index (χ4n) is 16.4. The van der Waals surface area contributed by atoms with Crippen molar-refractivity contribution in [1.82, 2.24) is 0 Å². The van der Waals surface area contributed by atoms with Crippen LogP contribution in [0.4, 0.5) is 39.8 Å². The molecule has 0 bridgehead atoms. The van der Waals surface area contributed by atoms with Gasteiger partial charge in [0.1, 0.15) is 0 Å². The fraction of sp³-hybridized carbons (Fsp3) is 0.370. The first-order valence-corrected chi connectivity index (χ1v) is 33.3. The lowest BCUT2D eigenvalue weighted by molar-refractivity contribution is 0.194. The molecule has 5 heteroatoms. The molecule has 2 aliphatic carbocycles. The summed E-state index contributed by atoms with van der Waals surface area (Å²) in [4.78, 5) is 8.64. The Kier molecular flexibility index (Phi) is 10.7. The third-order valence-electron chi connectivity index (χ3n) is 21.4. The summed E-state index contributed by atoms with van der Waals surface area (Å²) in [5.41, 5.74) is 24.5. The van der Waals surface area contributed by atoms with Crippen molar-refractivity contribution in [1.29, 1.82) is 0 Å². The van der Waals surface area contributed by atoms with Gasteiger partial charge in [0.15, 0.2) is 0 Å². The van der Waals surface area contributed by atoms with Gasteiger partial charge in [0.2, 0.25) is 0 Å². The highest BCUT2D eigenvalue weighted by molar-refractivity contribution is 7.01. The van der Waals surface area contributed by atoms with E-state index in [0.29, 0.717) is 0 Å². The van der Waals surface area contributed by atoms with Crippen LogP contribution >= 0.6 is 0 Å². The minimum Gasteiger partial charge on any atom is -0.335 e. The molecule has 4 aliphatic heterocycles. The van der Waals surface area contributed by atoms with Crippen LogP contribution in [0.25, 0.3) is 33.0 Å². The van der Waals surface area contributed by atoms with E-state index >= 15 is 0 Å². The average Bonchev–Trinajstić information content (AvgIpc) is 2.52. The number of nitrogens with zero attached hydrogens (tertiary/aromatic N) is 3. The number of anilines is 7. The van der Waals surface area contributed by atoms with Crippen LogP contribution in [0.2, 0.25) is 19.6 Å². The molecule has 0 saturated heterocycles.